The molecule has 1 fully saturated rings. The predicted octanol–water partition coefficient (Wildman–Crippen LogP) is 8.73. The number of ether oxygens (including phenoxy) is 1. The Hall–Kier alpha value is -4.23. The third-order valence-electron chi connectivity index (χ3n) is 6.99. The van der Waals surface area contributed by atoms with E-state index in [4.69, 9.17) is 38.4 Å². The quantitative estimate of drug-likeness (QED) is 0.145. The molecule has 1 unspecified atom stereocenters. The van der Waals surface area contributed by atoms with Gasteiger partial charge in [0.2, 0.25) is 5.91 Å². The molecule has 280 valence electrons. The highest BCUT2D eigenvalue weighted by Crippen LogP contribution is 2.41. The van der Waals surface area contributed by atoms with Crippen LogP contribution in [0.5, 0.6) is 0 Å². The topological polar surface area (TPSA) is 56.3 Å². The Labute approximate surface area is 357 Å². The second kappa shape index (κ2) is 16.8. The molecule has 6 rings (SSSR count). The number of aliphatic hydroxyl groups is 1. The van der Waals surface area contributed by atoms with Crippen molar-refractivity contribution in [2.24, 2.45) is 0 Å². The number of alkyl halides is 3. The Morgan fingerprint density at radius 1 is 1.06 bits per heavy atom. The summed E-state index contributed by atoms with van der Waals surface area (Å²) >= 11 is -0.602. The minimum absolute atomic E-state index is 0.112. The van der Waals surface area contributed by atoms with Gasteiger partial charge in [-0.1, -0.05) is 60.4 Å². The predicted molar refractivity (Wildman–Crippen MR) is 198 cm³/mol. The molecule has 0 aliphatic carbocycles. The van der Waals surface area contributed by atoms with Gasteiger partial charge in [0.25, 0.3) is 0 Å². The van der Waals surface area contributed by atoms with Crippen LogP contribution in [0.15, 0.2) is 95.7 Å². The number of carbonyl (C=O) groups is 1. The Kier molecular flexibility index (Phi) is 4.70. The summed E-state index contributed by atoms with van der Waals surface area (Å²) in [4.78, 5) is 14.2. The zero-order valence-electron chi connectivity index (χ0n) is 59.4. The highest BCUT2D eigenvalue weighted by molar-refractivity contribution is 8.02. The van der Waals surface area contributed by atoms with Crippen molar-refractivity contribution in [1.29, 1.82) is 0 Å². The lowest BCUT2D eigenvalue weighted by molar-refractivity contribution is -0.137. The van der Waals surface area contributed by atoms with Crippen molar-refractivity contribution < 1.29 is 81.8 Å². The first-order valence-electron chi connectivity index (χ1n) is 31.0. The SMILES string of the molecule is [2H]C1=C(SC([2H])([2H])c2c([2H])c([2H])c([2H])c(F)c2F)N(CC(=O)N(Cc2c([2H])c([2H])c(-c3c([2H])c([2H])c(C(F)(F)F)c([2H])c3[2H])c([2H])c2C)C2([2H])C([2H])([2H])C([2H])([2H])N(C([2H])([2H])C([2H])([2H])OC([2H])([2H])[2H])C([2H])([2H])C2([2H])[2H])c2c([2H])c([2H])c([2H])c([2H])c2C1O. The van der Waals surface area contributed by atoms with Gasteiger partial charge >= 0.3 is 6.18 Å². The lowest BCUT2D eigenvalue weighted by atomic mass is 9.97. The van der Waals surface area contributed by atoms with Crippen LogP contribution in [0, 0.1) is 18.6 Å². The summed E-state index contributed by atoms with van der Waals surface area (Å²) in [5.41, 5.74) is -14.4. The zero-order chi connectivity index (χ0) is 66.7. The van der Waals surface area contributed by atoms with Gasteiger partial charge in [-0.2, -0.15) is 13.2 Å². The van der Waals surface area contributed by atoms with Crippen LogP contribution < -0.4 is 4.90 Å². The summed E-state index contributed by atoms with van der Waals surface area (Å²) in [7, 11) is -3.99. The maximum absolute atomic E-state index is 15.8. The number of hydrogen-bond acceptors (Lipinski definition) is 6. The first-order valence-corrected chi connectivity index (χ1v) is 15.3. The molecular weight excluding hydrogens is 710 g/mol. The van der Waals surface area contributed by atoms with Crippen LogP contribution >= 0.6 is 11.8 Å². The number of aliphatic hydroxyl groups excluding tert-OH is 1. The Morgan fingerprint density at radius 3 is 2.53 bits per heavy atom. The number of carbonyl (C=O) groups excluding carboxylic acids is 1. The van der Waals surface area contributed by atoms with E-state index in [2.05, 4.69) is 4.74 Å². The number of likely N-dealkylation sites (tertiary alicyclic amines) is 1. The van der Waals surface area contributed by atoms with Crippen molar-refractivity contribution >= 4 is 23.4 Å². The van der Waals surface area contributed by atoms with Gasteiger partial charge in [0.05, 0.1) is 45.9 Å². The number of amides is 1. The number of fused-ring (bicyclic) bond motifs is 1. The molecule has 4 aromatic rings. The summed E-state index contributed by atoms with van der Waals surface area (Å²) in [6.45, 7) is -22.3. The second-order valence-electron chi connectivity index (χ2n) is 10.3. The van der Waals surface area contributed by atoms with Crippen molar-refractivity contribution in [2.45, 2.75) is 50.2 Å². The van der Waals surface area contributed by atoms with Gasteiger partial charge in [0.1, 0.15) is 12.6 Å². The molecule has 0 saturated carbocycles. The fourth-order valence-electron chi connectivity index (χ4n) is 4.46. The third kappa shape index (κ3) is 9.12. The summed E-state index contributed by atoms with van der Waals surface area (Å²) in [5, 5.41) is 10.2. The van der Waals surface area contributed by atoms with E-state index < -0.39 is 262 Å². The molecule has 12 heteroatoms. The first kappa shape index (κ1) is 14.8. The molecule has 0 aromatic heterocycles. The fourth-order valence-corrected chi connectivity index (χ4v) is 5.24. The van der Waals surface area contributed by atoms with Crippen LogP contribution in [0.4, 0.5) is 27.6 Å². The largest absolute Gasteiger partial charge is 0.416 e. The number of thioether (sulfide) groups is 1. The minimum atomic E-state index is -5.55. The van der Waals surface area contributed by atoms with E-state index in [0.29, 0.717) is 0 Å². The van der Waals surface area contributed by atoms with Gasteiger partial charge in [0.15, 0.2) is 11.6 Å². The van der Waals surface area contributed by atoms with Crippen LogP contribution in [0.2, 0.25) is 0 Å². The Balaban J connectivity index is 1.74. The molecule has 2 heterocycles. The minimum Gasteiger partial charge on any atom is -0.384 e. The molecule has 2 aliphatic rings. The lowest BCUT2D eigenvalue weighted by Gasteiger charge is -2.41. The van der Waals surface area contributed by atoms with Crippen molar-refractivity contribution in [3.05, 3.63) is 135 Å². The molecule has 0 radical (unpaired) electrons. The normalized spacial score (nSPS) is 31.3. The smallest absolute Gasteiger partial charge is 0.384 e. The van der Waals surface area contributed by atoms with E-state index in [-0.39, 0.29) is 4.90 Å². The van der Waals surface area contributed by atoms with Gasteiger partial charge in [-0.05, 0) is 72.1 Å². The number of anilines is 1. The van der Waals surface area contributed by atoms with Gasteiger partial charge in [-0.25, -0.2) is 8.78 Å². The average Bonchev–Trinajstić information content (AvgIpc) is 0.660. The summed E-state index contributed by atoms with van der Waals surface area (Å²) < 4.78 is 362. The molecule has 1 N–H and O–H groups in total. The Bertz CT molecular complexity index is 3450. The number of piperidine rings is 1. The highest BCUT2D eigenvalue weighted by Gasteiger charge is 2.33. The molecule has 0 spiro atoms. The monoisotopic (exact) mass is 784 g/mol. The highest BCUT2D eigenvalue weighted by atomic mass is 32.2. The molecular formula is C41H42F5N3O3S. The molecule has 6 nitrogen and oxygen atoms in total. The van der Waals surface area contributed by atoms with Crippen molar-refractivity contribution in [3.63, 3.8) is 0 Å². The molecule has 0 bridgehead atoms. The zero-order valence-corrected chi connectivity index (χ0v) is 27.2. The van der Waals surface area contributed by atoms with E-state index in [9.17, 15) is 25.1 Å². The maximum Gasteiger partial charge on any atom is 0.416 e. The average molecular weight is 785 g/mol. The van der Waals surface area contributed by atoms with E-state index in [1.807, 2.05) is 0 Å². The number of benzene rings is 4. The number of methoxy groups -OCH3 is 1. The van der Waals surface area contributed by atoms with E-state index >= 15 is 13.6 Å². The van der Waals surface area contributed by atoms with E-state index in [1.54, 1.807) is 0 Å². The van der Waals surface area contributed by atoms with Gasteiger partial charge < -0.3 is 24.5 Å². The maximum atomic E-state index is 15.8. The van der Waals surface area contributed by atoms with Crippen LogP contribution in [-0.4, -0.2) is 66.5 Å². The van der Waals surface area contributed by atoms with Gasteiger partial charge in [-0.3, -0.25) is 4.79 Å². The van der Waals surface area contributed by atoms with Crippen molar-refractivity contribution in [1.82, 2.24) is 9.80 Å². The molecule has 4 aromatic carbocycles. The van der Waals surface area contributed by atoms with Crippen LogP contribution in [0.3, 0.4) is 0 Å². The van der Waals surface area contributed by atoms with E-state index in [1.165, 1.54) is 0 Å². The van der Waals surface area contributed by atoms with Gasteiger partial charge in [0, 0.05) is 78.1 Å². The van der Waals surface area contributed by atoms with Crippen LogP contribution in [-0.2, 0) is 28.0 Å². The fraction of sp³-hybridized carbons (Fsp3) is 0.341. The Morgan fingerprint density at radius 2 is 1.79 bits per heavy atom. The molecule has 1 saturated heterocycles. The number of hydrogen-bond donors (Lipinski definition) is 1. The summed E-state index contributed by atoms with van der Waals surface area (Å²) in [5.74, 6) is -6.81. The molecule has 1 amide bonds. The first-order chi connectivity index (χ1) is 38.5. The molecule has 53 heavy (non-hydrogen) atoms. The third-order valence-corrected chi connectivity index (χ3v) is 7.83. The van der Waals surface area contributed by atoms with Crippen LogP contribution in [0.1, 0.15) is 91.9 Å². The summed E-state index contributed by atoms with van der Waals surface area (Å²) in [6.07, 6.45) is -18.1. The molecule has 2 aliphatic heterocycles. The van der Waals surface area contributed by atoms with E-state index in [0.717, 1.165) is 6.92 Å². The number of halogens is 5. The van der Waals surface area contributed by atoms with Crippen LogP contribution in [0.25, 0.3) is 11.1 Å². The number of rotatable bonds is 12. The number of nitrogens with zero attached hydrogens (tertiary/aromatic N) is 3. The standard InChI is InChI=1S/C41H42F5N3O3S/c1-27-22-29(28-12-14-32(15-13-28)41(44,45)46)10-11-30(27)24-48(33-16-18-47(19-17-33)20-21-52-2)38(51)25-49-36-9-4-3-7-34(36)37(50)23-39(49)53-26-31-6-5-8-35(42)40(31)43/h3-15,22-23,33,37,50H,16-21,24-26H2,1-2H3/i2D3,3D,4D,5D,6D,7D,8D,9D,10D,11D,12D,13D,14D,15D,16D2,17D2,18D2,19D2,20D2,21D2,22D,23D,26D2,33D. The summed E-state index contributed by atoms with van der Waals surface area (Å²) in [6, 6.07) is -26.8. The number of para-hydroxylation sites is 1. The lowest BCUT2D eigenvalue weighted by Crippen LogP contribution is -2.50. The van der Waals surface area contributed by atoms with Crippen molar-refractivity contribution in [2.75, 3.05) is 44.5 Å². The molecule has 1 atom stereocenters. The van der Waals surface area contributed by atoms with Crippen molar-refractivity contribution in [3.8, 4) is 11.1 Å². The second-order valence-corrected chi connectivity index (χ2v) is 11.1. The van der Waals surface area contributed by atoms with Gasteiger partial charge in [-0.15, -0.1) is 11.8 Å².